The summed E-state index contributed by atoms with van der Waals surface area (Å²) in [7, 11) is 0. The second-order valence-electron chi connectivity index (χ2n) is 13.6. The molecule has 0 atom stereocenters. The molecule has 0 spiro atoms. The van der Waals surface area contributed by atoms with Crippen LogP contribution < -0.4 is 4.90 Å². The molecule has 4 nitrogen and oxygen atoms in total. The number of aromatic nitrogens is 1. The van der Waals surface area contributed by atoms with Crippen molar-refractivity contribution in [1.82, 2.24) is 4.98 Å². The van der Waals surface area contributed by atoms with Crippen molar-refractivity contribution < 1.29 is 8.83 Å². The van der Waals surface area contributed by atoms with Gasteiger partial charge in [-0.05, 0) is 93.3 Å². The van der Waals surface area contributed by atoms with E-state index in [9.17, 15) is 0 Å². The number of hydrogen-bond donors (Lipinski definition) is 0. The quantitative estimate of drug-likeness (QED) is 0.170. The molecule has 0 N–H and O–H groups in total. The molecule has 53 heavy (non-hydrogen) atoms. The monoisotopic (exact) mass is 678 g/mol. The van der Waals surface area contributed by atoms with Crippen LogP contribution in [-0.4, -0.2) is 4.98 Å². The van der Waals surface area contributed by atoms with Crippen molar-refractivity contribution in [3.05, 3.63) is 182 Å². The Morgan fingerprint density at radius 1 is 0.377 bits per heavy atom. The van der Waals surface area contributed by atoms with Gasteiger partial charge < -0.3 is 13.7 Å². The summed E-state index contributed by atoms with van der Waals surface area (Å²) in [4.78, 5) is 7.37. The smallest absolute Gasteiger partial charge is 0.227 e. The summed E-state index contributed by atoms with van der Waals surface area (Å²) in [6, 6.07) is 64.0. The van der Waals surface area contributed by atoms with Crippen molar-refractivity contribution in [2.75, 3.05) is 4.90 Å². The first-order valence-electron chi connectivity index (χ1n) is 17.9. The van der Waals surface area contributed by atoms with Crippen molar-refractivity contribution in [3.8, 4) is 22.6 Å². The van der Waals surface area contributed by atoms with E-state index in [1.165, 1.54) is 16.5 Å². The predicted molar refractivity (Wildman–Crippen MR) is 219 cm³/mol. The number of benzene rings is 9. The minimum absolute atomic E-state index is 0.610. The normalized spacial score (nSPS) is 11.8. The molecule has 0 unspecified atom stereocenters. The average molecular weight is 679 g/mol. The fourth-order valence-corrected chi connectivity index (χ4v) is 7.89. The Balaban J connectivity index is 1.16. The lowest BCUT2D eigenvalue weighted by molar-refractivity contribution is 0.623. The van der Waals surface area contributed by atoms with Crippen LogP contribution in [0.2, 0.25) is 0 Å². The van der Waals surface area contributed by atoms with E-state index in [0.29, 0.717) is 5.89 Å². The third-order valence-corrected chi connectivity index (χ3v) is 10.5. The zero-order valence-corrected chi connectivity index (χ0v) is 28.5. The predicted octanol–water partition coefficient (Wildman–Crippen LogP) is 14.0. The van der Waals surface area contributed by atoms with Gasteiger partial charge in [0.15, 0.2) is 5.58 Å². The fourth-order valence-electron chi connectivity index (χ4n) is 7.89. The maximum Gasteiger partial charge on any atom is 0.227 e. The highest BCUT2D eigenvalue weighted by Crippen LogP contribution is 2.45. The summed E-state index contributed by atoms with van der Waals surface area (Å²) in [5.74, 6) is 0.610. The molecule has 2 heterocycles. The van der Waals surface area contributed by atoms with Gasteiger partial charge in [0, 0.05) is 38.5 Å². The molecule has 11 rings (SSSR count). The maximum atomic E-state index is 6.73. The van der Waals surface area contributed by atoms with Crippen LogP contribution in [0.25, 0.3) is 87.9 Å². The van der Waals surface area contributed by atoms with Crippen LogP contribution >= 0.6 is 0 Å². The number of rotatable bonds is 5. The molecule has 0 aliphatic rings. The summed E-state index contributed by atoms with van der Waals surface area (Å²) < 4.78 is 13.0. The molecule has 248 valence electrons. The van der Waals surface area contributed by atoms with Gasteiger partial charge in [-0.25, -0.2) is 4.98 Å². The molecule has 0 fully saturated rings. The molecule has 0 radical (unpaired) electrons. The topological polar surface area (TPSA) is 42.4 Å². The van der Waals surface area contributed by atoms with Crippen molar-refractivity contribution in [2.24, 2.45) is 0 Å². The SMILES string of the molecule is c1ccc(-c2ccc(N(c3ccc4oc5ccccc5c4c3)c3cc4c(ccc5nc(-c6ccc7ccccc7c6)oc54)c4ccccc34)cc2)cc1. The van der Waals surface area contributed by atoms with E-state index in [1.807, 2.05) is 12.1 Å². The van der Waals surface area contributed by atoms with E-state index in [2.05, 4.69) is 175 Å². The lowest BCUT2D eigenvalue weighted by atomic mass is 9.98. The van der Waals surface area contributed by atoms with Gasteiger partial charge in [-0.15, -0.1) is 0 Å². The van der Waals surface area contributed by atoms with E-state index >= 15 is 0 Å². The van der Waals surface area contributed by atoms with Crippen molar-refractivity contribution in [1.29, 1.82) is 0 Å². The van der Waals surface area contributed by atoms with E-state index in [1.54, 1.807) is 0 Å². The molecule has 0 saturated heterocycles. The van der Waals surface area contributed by atoms with Crippen LogP contribution in [0.4, 0.5) is 17.1 Å². The van der Waals surface area contributed by atoms with Gasteiger partial charge in [-0.2, -0.15) is 0 Å². The number of nitrogens with zero attached hydrogens (tertiary/aromatic N) is 2. The minimum atomic E-state index is 0.610. The zero-order chi connectivity index (χ0) is 34.9. The van der Waals surface area contributed by atoms with E-state index in [0.717, 1.165) is 82.6 Å². The van der Waals surface area contributed by atoms with Crippen LogP contribution in [0.15, 0.2) is 191 Å². The third-order valence-electron chi connectivity index (χ3n) is 10.5. The van der Waals surface area contributed by atoms with Crippen LogP contribution in [0.1, 0.15) is 0 Å². The van der Waals surface area contributed by atoms with Gasteiger partial charge in [-0.1, -0.05) is 121 Å². The summed E-state index contributed by atoms with van der Waals surface area (Å²) in [5.41, 5.74) is 9.76. The molecule has 4 heteroatoms. The summed E-state index contributed by atoms with van der Waals surface area (Å²) in [6.07, 6.45) is 0. The molecule has 0 bridgehead atoms. The van der Waals surface area contributed by atoms with Gasteiger partial charge in [0.1, 0.15) is 16.7 Å². The van der Waals surface area contributed by atoms with Crippen LogP contribution in [0.5, 0.6) is 0 Å². The second-order valence-corrected chi connectivity index (χ2v) is 13.6. The summed E-state index contributed by atoms with van der Waals surface area (Å²) >= 11 is 0. The molecule has 2 aromatic heterocycles. The number of fused-ring (bicyclic) bond motifs is 9. The first-order chi connectivity index (χ1) is 26.2. The Labute approximate surface area is 304 Å². The molecule has 9 aromatic carbocycles. The molecule has 0 aliphatic carbocycles. The number of para-hydroxylation sites is 1. The molecule has 0 amide bonds. The van der Waals surface area contributed by atoms with Crippen molar-refractivity contribution in [2.45, 2.75) is 0 Å². The molecular weight excluding hydrogens is 649 g/mol. The fraction of sp³-hybridized carbons (Fsp3) is 0. The largest absolute Gasteiger partial charge is 0.456 e. The Morgan fingerprint density at radius 2 is 1.04 bits per heavy atom. The Kier molecular flexibility index (Phi) is 6.52. The van der Waals surface area contributed by atoms with Crippen LogP contribution in [0.3, 0.4) is 0 Å². The lowest BCUT2D eigenvalue weighted by Gasteiger charge is -2.28. The average Bonchev–Trinajstić information content (AvgIpc) is 3.84. The van der Waals surface area contributed by atoms with Gasteiger partial charge in [-0.3, -0.25) is 0 Å². The lowest BCUT2D eigenvalue weighted by Crippen LogP contribution is -2.10. The maximum absolute atomic E-state index is 6.73. The first-order valence-corrected chi connectivity index (χ1v) is 17.9. The molecule has 0 saturated carbocycles. The van der Waals surface area contributed by atoms with Gasteiger partial charge >= 0.3 is 0 Å². The highest BCUT2D eigenvalue weighted by molar-refractivity contribution is 6.20. The second kappa shape index (κ2) is 11.7. The molecular formula is C49H30N2O2. The van der Waals surface area contributed by atoms with Crippen molar-refractivity contribution in [3.63, 3.8) is 0 Å². The number of oxazole rings is 1. The van der Waals surface area contributed by atoms with Crippen LogP contribution in [-0.2, 0) is 0 Å². The molecule has 0 aliphatic heterocycles. The van der Waals surface area contributed by atoms with Gasteiger partial charge in [0.25, 0.3) is 0 Å². The van der Waals surface area contributed by atoms with E-state index in [4.69, 9.17) is 13.8 Å². The number of furan rings is 1. The van der Waals surface area contributed by atoms with E-state index in [-0.39, 0.29) is 0 Å². The highest BCUT2D eigenvalue weighted by atomic mass is 16.3. The Hall–Kier alpha value is -7.17. The van der Waals surface area contributed by atoms with Crippen molar-refractivity contribution >= 4 is 82.4 Å². The number of anilines is 3. The third kappa shape index (κ3) is 4.80. The van der Waals surface area contributed by atoms with E-state index < -0.39 is 0 Å². The zero-order valence-electron chi connectivity index (χ0n) is 28.5. The molecule has 11 aromatic rings. The standard InChI is InChI=1S/C49H30N2O2/c1-2-10-31(11-3-1)33-20-22-36(23-21-33)51(37-24-27-47-42(29-37)41-16-8-9-17-46(41)52-47)45-30-43-39(38-14-6-7-15-40(38)45)25-26-44-48(43)53-49(50-44)35-19-18-32-12-4-5-13-34(32)28-35/h1-30H. The van der Waals surface area contributed by atoms with Gasteiger partial charge in [0.05, 0.1) is 5.69 Å². The highest BCUT2D eigenvalue weighted by Gasteiger charge is 2.21. The minimum Gasteiger partial charge on any atom is -0.456 e. The summed E-state index contributed by atoms with van der Waals surface area (Å²) in [5, 5.41) is 8.92. The Morgan fingerprint density at radius 3 is 1.91 bits per heavy atom. The summed E-state index contributed by atoms with van der Waals surface area (Å²) in [6.45, 7) is 0. The van der Waals surface area contributed by atoms with Crippen LogP contribution in [0, 0.1) is 0 Å². The Bertz CT molecular complexity index is 3180. The first kappa shape index (κ1) is 29.5. The number of hydrogen-bond acceptors (Lipinski definition) is 4. The van der Waals surface area contributed by atoms with Gasteiger partial charge in [0.2, 0.25) is 5.89 Å².